The molecule has 3 nitrogen and oxygen atoms in total. The summed E-state index contributed by atoms with van der Waals surface area (Å²) < 4.78 is 0. The van der Waals surface area contributed by atoms with Crippen molar-refractivity contribution in [1.29, 1.82) is 0 Å². The van der Waals surface area contributed by atoms with E-state index in [1.165, 1.54) is 0 Å². The van der Waals surface area contributed by atoms with Crippen LogP contribution in [0.3, 0.4) is 0 Å². The Morgan fingerprint density at radius 2 is 1.81 bits per heavy atom. The van der Waals surface area contributed by atoms with Crippen LogP contribution in [0, 0.1) is 6.92 Å². The van der Waals surface area contributed by atoms with E-state index >= 15 is 0 Å². The third kappa shape index (κ3) is 2.38. The van der Waals surface area contributed by atoms with Crippen molar-refractivity contribution < 1.29 is 4.79 Å². The van der Waals surface area contributed by atoms with Crippen LogP contribution in [0.2, 0.25) is 0 Å². The summed E-state index contributed by atoms with van der Waals surface area (Å²) in [6.07, 6.45) is 1.75. The molecule has 3 heteroatoms. The second kappa shape index (κ2) is 5.37. The minimum atomic E-state index is -0.0815. The summed E-state index contributed by atoms with van der Waals surface area (Å²) in [5.74, 6) is 0.598. The highest BCUT2D eigenvalue weighted by Crippen LogP contribution is 2.27. The van der Waals surface area contributed by atoms with Crippen LogP contribution in [0.25, 0.3) is 0 Å². The summed E-state index contributed by atoms with van der Waals surface area (Å²) in [7, 11) is 0. The number of allylic oxidation sites excluding steroid dienone is 1. The van der Waals surface area contributed by atoms with Gasteiger partial charge in [-0.3, -0.25) is 9.69 Å². The van der Waals surface area contributed by atoms with Crippen molar-refractivity contribution in [2.45, 2.75) is 13.8 Å². The van der Waals surface area contributed by atoms with Gasteiger partial charge in [-0.15, -0.1) is 0 Å². The molecule has 1 heterocycles. The fourth-order valence-corrected chi connectivity index (χ4v) is 2.40. The Bertz CT molecular complexity index is 745. The highest BCUT2D eigenvalue weighted by Gasteiger charge is 2.31. The first-order chi connectivity index (χ1) is 10.2. The number of rotatable bonds is 2. The van der Waals surface area contributed by atoms with Crippen molar-refractivity contribution in [3.05, 3.63) is 77.5 Å². The van der Waals surface area contributed by atoms with E-state index < -0.39 is 0 Å². The number of hydrogen-bond donors (Lipinski definition) is 0. The van der Waals surface area contributed by atoms with Crippen LogP contribution in [0.4, 0.5) is 5.69 Å². The third-order valence-electron chi connectivity index (χ3n) is 3.43. The van der Waals surface area contributed by atoms with E-state index in [9.17, 15) is 4.79 Å². The Morgan fingerprint density at radius 3 is 2.48 bits per heavy atom. The molecule has 2 aromatic rings. The summed E-state index contributed by atoms with van der Waals surface area (Å²) in [5.41, 5.74) is 3.38. The van der Waals surface area contributed by atoms with Gasteiger partial charge in [0.25, 0.3) is 5.91 Å². The predicted molar refractivity (Wildman–Crippen MR) is 85.4 cm³/mol. The first-order valence-electron chi connectivity index (χ1n) is 6.92. The van der Waals surface area contributed by atoms with Crippen LogP contribution < -0.4 is 4.90 Å². The van der Waals surface area contributed by atoms with Gasteiger partial charge < -0.3 is 0 Å². The fourth-order valence-electron chi connectivity index (χ4n) is 2.40. The maximum Gasteiger partial charge on any atom is 0.282 e. The highest BCUT2D eigenvalue weighted by atomic mass is 16.2. The van der Waals surface area contributed by atoms with Crippen LogP contribution in [-0.4, -0.2) is 11.7 Å². The van der Waals surface area contributed by atoms with Gasteiger partial charge in [0.15, 0.2) is 0 Å². The number of amidine groups is 1. The molecule has 0 saturated heterocycles. The zero-order valence-electron chi connectivity index (χ0n) is 12.1. The average Bonchev–Trinajstić information content (AvgIpc) is 2.85. The lowest BCUT2D eigenvalue weighted by Gasteiger charge is -2.19. The van der Waals surface area contributed by atoms with E-state index in [-0.39, 0.29) is 5.91 Å². The summed E-state index contributed by atoms with van der Waals surface area (Å²) in [6.45, 7) is 3.85. The SMILES string of the molecule is C/C=C1\N=C(c2ccccc2)N(c2cccc(C)c2)C1=O. The molecule has 0 radical (unpaired) electrons. The molecule has 21 heavy (non-hydrogen) atoms. The van der Waals surface area contributed by atoms with Crippen LogP contribution in [0.1, 0.15) is 18.1 Å². The Hall–Kier alpha value is -2.68. The Balaban J connectivity index is 2.13. The van der Waals surface area contributed by atoms with Crippen molar-refractivity contribution in [1.82, 2.24) is 0 Å². The van der Waals surface area contributed by atoms with E-state index in [1.54, 1.807) is 11.0 Å². The van der Waals surface area contributed by atoms with Crippen molar-refractivity contribution in [2.24, 2.45) is 4.99 Å². The number of hydrogen-bond acceptors (Lipinski definition) is 2. The van der Waals surface area contributed by atoms with Gasteiger partial charge >= 0.3 is 0 Å². The van der Waals surface area contributed by atoms with Gasteiger partial charge in [0.05, 0.1) is 5.69 Å². The number of anilines is 1. The van der Waals surface area contributed by atoms with Crippen LogP contribution in [0.5, 0.6) is 0 Å². The lowest BCUT2D eigenvalue weighted by atomic mass is 10.1. The summed E-state index contributed by atoms with van der Waals surface area (Å²) in [6, 6.07) is 17.7. The van der Waals surface area contributed by atoms with Crippen LogP contribution >= 0.6 is 0 Å². The number of nitrogens with zero attached hydrogens (tertiary/aromatic N) is 2. The van der Waals surface area contributed by atoms with E-state index in [1.807, 2.05) is 68.4 Å². The van der Waals surface area contributed by atoms with E-state index in [0.717, 1.165) is 16.8 Å². The molecule has 1 aliphatic rings. The molecular formula is C18H16N2O. The standard InChI is InChI=1S/C18H16N2O/c1-3-16-18(21)20(15-11-7-8-13(2)12-15)17(19-16)14-9-5-4-6-10-14/h3-12H,1-2H3/b16-3-. The van der Waals surface area contributed by atoms with Gasteiger partial charge in [-0.25, -0.2) is 4.99 Å². The molecular weight excluding hydrogens is 260 g/mol. The Labute approximate surface area is 124 Å². The van der Waals surface area contributed by atoms with Crippen molar-refractivity contribution in [3.63, 3.8) is 0 Å². The summed E-state index contributed by atoms with van der Waals surface area (Å²) in [5, 5.41) is 0. The molecule has 0 aliphatic carbocycles. The van der Waals surface area contributed by atoms with E-state index in [4.69, 9.17) is 0 Å². The predicted octanol–water partition coefficient (Wildman–Crippen LogP) is 3.69. The number of benzene rings is 2. The smallest absolute Gasteiger partial charge is 0.266 e. The first-order valence-corrected chi connectivity index (χ1v) is 6.92. The number of amides is 1. The van der Waals surface area contributed by atoms with Crippen molar-refractivity contribution >= 4 is 17.4 Å². The number of aliphatic imine (C=N–C) groups is 1. The maximum atomic E-state index is 12.6. The van der Waals surface area contributed by atoms with E-state index in [0.29, 0.717) is 11.5 Å². The minimum Gasteiger partial charge on any atom is -0.266 e. The second-order valence-electron chi connectivity index (χ2n) is 4.95. The molecule has 1 aliphatic heterocycles. The van der Waals surface area contributed by atoms with Gasteiger partial charge in [0.1, 0.15) is 11.5 Å². The molecule has 104 valence electrons. The number of aryl methyl sites for hydroxylation is 1. The van der Waals surface area contributed by atoms with Gasteiger partial charge in [0.2, 0.25) is 0 Å². The molecule has 0 N–H and O–H groups in total. The van der Waals surface area contributed by atoms with Gasteiger partial charge in [-0.05, 0) is 31.5 Å². The topological polar surface area (TPSA) is 32.7 Å². The highest BCUT2D eigenvalue weighted by molar-refractivity contribution is 6.32. The van der Waals surface area contributed by atoms with Gasteiger partial charge in [-0.2, -0.15) is 0 Å². The van der Waals surface area contributed by atoms with Crippen LogP contribution in [-0.2, 0) is 4.79 Å². The third-order valence-corrected chi connectivity index (χ3v) is 3.43. The number of carbonyl (C=O) groups excluding carboxylic acids is 1. The molecule has 0 saturated carbocycles. The average molecular weight is 276 g/mol. The minimum absolute atomic E-state index is 0.0815. The molecule has 0 atom stereocenters. The fraction of sp³-hybridized carbons (Fsp3) is 0.111. The van der Waals surface area contributed by atoms with Crippen molar-refractivity contribution in [3.8, 4) is 0 Å². The molecule has 1 amide bonds. The van der Waals surface area contributed by atoms with Gasteiger partial charge in [0, 0.05) is 5.56 Å². The Kier molecular flexibility index (Phi) is 3.40. The summed E-state index contributed by atoms with van der Waals surface area (Å²) >= 11 is 0. The number of carbonyl (C=O) groups is 1. The van der Waals surface area contributed by atoms with E-state index in [2.05, 4.69) is 4.99 Å². The van der Waals surface area contributed by atoms with Crippen LogP contribution in [0.15, 0.2) is 71.4 Å². The largest absolute Gasteiger partial charge is 0.282 e. The van der Waals surface area contributed by atoms with Crippen molar-refractivity contribution in [2.75, 3.05) is 4.90 Å². The maximum absolute atomic E-state index is 12.6. The quantitative estimate of drug-likeness (QED) is 0.770. The first kappa shape index (κ1) is 13.3. The molecule has 0 aromatic heterocycles. The molecule has 0 bridgehead atoms. The molecule has 0 unspecified atom stereocenters. The molecule has 0 spiro atoms. The second-order valence-corrected chi connectivity index (χ2v) is 4.95. The lowest BCUT2D eigenvalue weighted by Crippen LogP contribution is -2.32. The Morgan fingerprint density at radius 1 is 1.05 bits per heavy atom. The van der Waals surface area contributed by atoms with Gasteiger partial charge in [-0.1, -0.05) is 48.5 Å². The normalized spacial score (nSPS) is 16.5. The lowest BCUT2D eigenvalue weighted by molar-refractivity contribution is -0.113. The summed E-state index contributed by atoms with van der Waals surface area (Å²) in [4.78, 5) is 18.8. The monoisotopic (exact) mass is 276 g/mol. The zero-order valence-corrected chi connectivity index (χ0v) is 12.1. The zero-order chi connectivity index (χ0) is 14.8. The molecule has 2 aromatic carbocycles. The molecule has 3 rings (SSSR count). The molecule has 0 fully saturated rings.